The average molecular weight is 193 g/mol. The molecular weight excluding hydrogens is 182 g/mol. The maximum atomic E-state index is 11.0. The number of rotatable bonds is 3. The molecule has 4 heteroatoms. The van der Waals surface area contributed by atoms with Crippen molar-refractivity contribution in [1.29, 1.82) is 0 Å². The number of carboxylic acids is 1. The molecule has 1 aromatic carbocycles. The Morgan fingerprint density at radius 2 is 2.07 bits per heavy atom. The van der Waals surface area contributed by atoms with Gasteiger partial charge in [-0.15, -0.1) is 0 Å². The summed E-state index contributed by atoms with van der Waals surface area (Å²) in [4.78, 5) is 21.6. The van der Waals surface area contributed by atoms with E-state index in [0.717, 1.165) is 0 Å². The Kier molecular flexibility index (Phi) is 2.99. The van der Waals surface area contributed by atoms with E-state index in [1.807, 2.05) is 0 Å². The molecule has 0 spiro atoms. The quantitative estimate of drug-likeness (QED) is 0.749. The fourth-order valence-electron chi connectivity index (χ4n) is 1.10. The molecule has 0 bridgehead atoms. The molecule has 3 N–H and O–H groups in total. The number of hydrogen-bond donors (Lipinski definition) is 2. The summed E-state index contributed by atoms with van der Waals surface area (Å²) in [6.45, 7) is 1.37. The lowest BCUT2D eigenvalue weighted by Crippen LogP contribution is -2.18. The topological polar surface area (TPSA) is 80.4 Å². The number of carboxylic acid groups (broad SMARTS) is 1. The van der Waals surface area contributed by atoms with Crippen molar-refractivity contribution in [3.8, 4) is 0 Å². The number of hydrogen-bond acceptors (Lipinski definition) is 3. The van der Waals surface area contributed by atoms with Gasteiger partial charge < -0.3 is 10.8 Å². The van der Waals surface area contributed by atoms with Gasteiger partial charge in [-0.3, -0.25) is 4.79 Å². The number of aromatic carboxylic acids is 1. The van der Waals surface area contributed by atoms with Crippen molar-refractivity contribution in [3.63, 3.8) is 0 Å². The van der Waals surface area contributed by atoms with Gasteiger partial charge in [0.15, 0.2) is 5.78 Å². The summed E-state index contributed by atoms with van der Waals surface area (Å²) in [5, 5.41) is 8.70. The summed E-state index contributed by atoms with van der Waals surface area (Å²) in [7, 11) is 0. The van der Waals surface area contributed by atoms with Crippen LogP contribution in [0.1, 0.15) is 28.9 Å². The van der Waals surface area contributed by atoms with Gasteiger partial charge in [-0.05, 0) is 24.6 Å². The minimum absolute atomic E-state index is 0.138. The summed E-state index contributed by atoms with van der Waals surface area (Å²) in [5.74, 6) is -1.21. The van der Waals surface area contributed by atoms with E-state index in [0.29, 0.717) is 5.56 Å². The molecule has 4 nitrogen and oxygen atoms in total. The number of benzene rings is 1. The zero-order valence-corrected chi connectivity index (χ0v) is 7.73. The highest BCUT2D eigenvalue weighted by Crippen LogP contribution is 2.13. The first-order chi connectivity index (χ1) is 6.52. The van der Waals surface area contributed by atoms with Crippen LogP contribution in [0.3, 0.4) is 0 Å². The fraction of sp³-hybridized carbons (Fsp3) is 0.200. The Morgan fingerprint density at radius 1 is 1.43 bits per heavy atom. The molecule has 1 rings (SSSR count). The lowest BCUT2D eigenvalue weighted by Gasteiger charge is -2.08. The van der Waals surface area contributed by atoms with Crippen LogP contribution in [-0.4, -0.2) is 16.9 Å². The van der Waals surface area contributed by atoms with Crippen LogP contribution in [0.5, 0.6) is 0 Å². The highest BCUT2D eigenvalue weighted by molar-refractivity contribution is 5.89. The largest absolute Gasteiger partial charge is 0.478 e. The van der Waals surface area contributed by atoms with Crippen molar-refractivity contribution < 1.29 is 14.7 Å². The van der Waals surface area contributed by atoms with E-state index in [1.54, 1.807) is 12.1 Å². The van der Waals surface area contributed by atoms with Crippen LogP contribution >= 0.6 is 0 Å². The third-order valence-corrected chi connectivity index (χ3v) is 1.93. The Balaban J connectivity index is 3.05. The normalized spacial score (nSPS) is 12.1. The van der Waals surface area contributed by atoms with Crippen LogP contribution in [-0.2, 0) is 4.79 Å². The number of carbonyl (C=O) groups excluding carboxylic acids is 1. The van der Waals surface area contributed by atoms with E-state index in [1.165, 1.54) is 19.1 Å². The van der Waals surface area contributed by atoms with Gasteiger partial charge in [0.2, 0.25) is 0 Å². The van der Waals surface area contributed by atoms with Gasteiger partial charge >= 0.3 is 5.97 Å². The Morgan fingerprint density at radius 3 is 2.57 bits per heavy atom. The first-order valence-corrected chi connectivity index (χ1v) is 4.11. The third kappa shape index (κ3) is 2.17. The minimum Gasteiger partial charge on any atom is -0.478 e. The summed E-state index contributed by atoms with van der Waals surface area (Å²) in [6.07, 6.45) is 0. The van der Waals surface area contributed by atoms with Crippen LogP contribution in [0.4, 0.5) is 0 Å². The third-order valence-electron chi connectivity index (χ3n) is 1.93. The molecule has 0 heterocycles. The zero-order valence-electron chi connectivity index (χ0n) is 7.73. The maximum absolute atomic E-state index is 11.0. The lowest BCUT2D eigenvalue weighted by atomic mass is 10.0. The van der Waals surface area contributed by atoms with Gasteiger partial charge in [0.1, 0.15) is 0 Å². The van der Waals surface area contributed by atoms with Crippen molar-refractivity contribution in [3.05, 3.63) is 35.4 Å². The number of nitrogens with two attached hydrogens (primary N) is 1. The van der Waals surface area contributed by atoms with Gasteiger partial charge in [-0.25, -0.2) is 4.79 Å². The van der Waals surface area contributed by atoms with Crippen molar-refractivity contribution >= 4 is 11.8 Å². The Hall–Kier alpha value is -1.68. The van der Waals surface area contributed by atoms with E-state index >= 15 is 0 Å². The summed E-state index contributed by atoms with van der Waals surface area (Å²) >= 11 is 0. The average Bonchev–Trinajstić information content (AvgIpc) is 2.16. The molecule has 0 saturated carbocycles. The summed E-state index contributed by atoms with van der Waals surface area (Å²) in [5.41, 5.74) is 6.23. The molecule has 74 valence electrons. The van der Waals surface area contributed by atoms with Crippen LogP contribution in [0, 0.1) is 0 Å². The summed E-state index contributed by atoms with van der Waals surface area (Å²) < 4.78 is 0. The zero-order chi connectivity index (χ0) is 10.7. The second-order valence-electron chi connectivity index (χ2n) is 3.02. The van der Waals surface area contributed by atoms with Crippen molar-refractivity contribution in [2.75, 3.05) is 0 Å². The van der Waals surface area contributed by atoms with Crippen molar-refractivity contribution in [2.45, 2.75) is 13.0 Å². The van der Waals surface area contributed by atoms with Gasteiger partial charge in [0.05, 0.1) is 11.6 Å². The van der Waals surface area contributed by atoms with E-state index in [9.17, 15) is 9.59 Å². The van der Waals surface area contributed by atoms with E-state index in [-0.39, 0.29) is 11.3 Å². The first-order valence-electron chi connectivity index (χ1n) is 4.11. The van der Waals surface area contributed by atoms with Gasteiger partial charge in [-0.2, -0.15) is 0 Å². The van der Waals surface area contributed by atoms with Crippen LogP contribution in [0.2, 0.25) is 0 Å². The van der Waals surface area contributed by atoms with Crippen molar-refractivity contribution in [1.82, 2.24) is 0 Å². The van der Waals surface area contributed by atoms with Gasteiger partial charge in [0.25, 0.3) is 0 Å². The summed E-state index contributed by atoms with van der Waals surface area (Å²) in [6, 6.07) is 5.34. The molecule has 1 aromatic rings. The highest BCUT2D eigenvalue weighted by atomic mass is 16.4. The molecular formula is C10H11NO3. The standard InChI is InChI=1S/C10H11NO3/c1-6(12)9(11)7-3-2-4-8(5-7)10(13)14/h2-5,9H,11H2,1H3,(H,13,14). The first kappa shape index (κ1) is 10.4. The highest BCUT2D eigenvalue weighted by Gasteiger charge is 2.12. The molecule has 1 atom stereocenters. The SMILES string of the molecule is CC(=O)C(N)c1cccc(C(=O)O)c1. The Labute approximate surface area is 81.3 Å². The lowest BCUT2D eigenvalue weighted by molar-refractivity contribution is -0.118. The van der Waals surface area contributed by atoms with Crippen molar-refractivity contribution in [2.24, 2.45) is 5.73 Å². The molecule has 0 amide bonds. The molecule has 0 aliphatic heterocycles. The van der Waals surface area contributed by atoms with Crippen LogP contribution in [0.25, 0.3) is 0 Å². The molecule has 0 aromatic heterocycles. The Bertz CT molecular complexity index is 373. The second kappa shape index (κ2) is 4.02. The molecule has 0 radical (unpaired) electrons. The monoisotopic (exact) mass is 193 g/mol. The number of carbonyl (C=O) groups is 2. The van der Waals surface area contributed by atoms with E-state index in [4.69, 9.17) is 10.8 Å². The molecule has 0 aliphatic carbocycles. The molecule has 0 fully saturated rings. The molecule has 0 aliphatic rings. The minimum atomic E-state index is -1.03. The number of Topliss-reactive ketones (excluding diaryl/α,β-unsaturated/α-hetero) is 1. The maximum Gasteiger partial charge on any atom is 0.335 e. The van der Waals surface area contributed by atoms with Crippen LogP contribution < -0.4 is 5.73 Å². The fourth-order valence-corrected chi connectivity index (χ4v) is 1.10. The van der Waals surface area contributed by atoms with E-state index < -0.39 is 12.0 Å². The van der Waals surface area contributed by atoms with Gasteiger partial charge in [0, 0.05) is 0 Å². The predicted molar refractivity (Wildman–Crippen MR) is 51.0 cm³/mol. The van der Waals surface area contributed by atoms with Crippen LogP contribution in [0.15, 0.2) is 24.3 Å². The predicted octanol–water partition coefficient (Wildman–Crippen LogP) is 0.974. The molecule has 0 saturated heterocycles. The van der Waals surface area contributed by atoms with Gasteiger partial charge in [-0.1, -0.05) is 12.1 Å². The van der Waals surface area contributed by atoms with E-state index in [2.05, 4.69) is 0 Å². The second-order valence-corrected chi connectivity index (χ2v) is 3.02. The molecule has 14 heavy (non-hydrogen) atoms. The molecule has 1 unspecified atom stereocenters. The number of ketones is 1. The smallest absolute Gasteiger partial charge is 0.335 e.